The summed E-state index contributed by atoms with van der Waals surface area (Å²) < 4.78 is 5.61. The Labute approximate surface area is 176 Å². The molecule has 0 amide bonds. The minimum atomic E-state index is 0. The molecule has 2 N–H and O–H groups in total. The highest BCUT2D eigenvalue weighted by molar-refractivity contribution is 14.0. The van der Waals surface area contributed by atoms with Gasteiger partial charge in [-0.3, -0.25) is 9.89 Å². The van der Waals surface area contributed by atoms with E-state index < -0.39 is 0 Å². The number of rotatable bonds is 7. The number of hydrogen-bond acceptors (Lipinski definition) is 3. The number of aliphatic imine (C=N–C) groups is 1. The zero-order valence-electron chi connectivity index (χ0n) is 16.8. The smallest absolute Gasteiger partial charge is 0.191 e. The maximum atomic E-state index is 5.61. The summed E-state index contributed by atoms with van der Waals surface area (Å²) in [5, 5.41) is 7.00. The molecule has 6 heteroatoms. The van der Waals surface area contributed by atoms with Crippen molar-refractivity contribution >= 4 is 29.9 Å². The predicted molar refractivity (Wildman–Crippen MR) is 121 cm³/mol. The van der Waals surface area contributed by atoms with E-state index in [1.807, 2.05) is 19.2 Å². The summed E-state index contributed by atoms with van der Waals surface area (Å²) in [5.41, 5.74) is 1.24. The number of hydrogen-bond donors (Lipinski definition) is 2. The van der Waals surface area contributed by atoms with Crippen LogP contribution in [0.3, 0.4) is 0 Å². The molecule has 26 heavy (non-hydrogen) atoms. The van der Waals surface area contributed by atoms with E-state index in [1.54, 1.807) is 7.11 Å². The molecule has 1 fully saturated rings. The first-order chi connectivity index (χ1) is 12.1. The Bertz CT molecular complexity index is 558. The fraction of sp³-hybridized carbons (Fsp3) is 0.650. The van der Waals surface area contributed by atoms with Gasteiger partial charge in [0.05, 0.1) is 13.2 Å². The van der Waals surface area contributed by atoms with E-state index in [9.17, 15) is 0 Å². The molecule has 1 saturated heterocycles. The van der Waals surface area contributed by atoms with E-state index >= 15 is 0 Å². The molecule has 1 aromatic carbocycles. The third-order valence-corrected chi connectivity index (χ3v) is 5.13. The largest absolute Gasteiger partial charge is 0.496 e. The van der Waals surface area contributed by atoms with E-state index in [0.29, 0.717) is 12.0 Å². The highest BCUT2D eigenvalue weighted by Crippen LogP contribution is 2.31. The Morgan fingerprint density at radius 3 is 2.42 bits per heavy atom. The zero-order valence-corrected chi connectivity index (χ0v) is 19.1. The normalized spacial score (nSPS) is 17.5. The predicted octanol–water partition coefficient (Wildman–Crippen LogP) is 3.66. The second kappa shape index (κ2) is 11.6. The second-order valence-corrected chi connectivity index (χ2v) is 7.13. The third kappa shape index (κ3) is 6.30. The Morgan fingerprint density at radius 2 is 1.85 bits per heavy atom. The fourth-order valence-electron chi connectivity index (χ4n) is 3.20. The van der Waals surface area contributed by atoms with Crippen molar-refractivity contribution in [3.05, 3.63) is 29.8 Å². The van der Waals surface area contributed by atoms with Crippen LogP contribution in [0.1, 0.15) is 45.2 Å². The molecule has 1 heterocycles. The molecule has 0 radical (unpaired) electrons. The molecule has 2 rings (SSSR count). The topological polar surface area (TPSA) is 48.9 Å². The highest BCUT2D eigenvalue weighted by Gasteiger charge is 2.26. The maximum Gasteiger partial charge on any atom is 0.191 e. The second-order valence-electron chi connectivity index (χ2n) is 7.13. The van der Waals surface area contributed by atoms with Crippen LogP contribution in [0.4, 0.5) is 0 Å². The van der Waals surface area contributed by atoms with E-state index in [2.05, 4.69) is 53.4 Å². The van der Waals surface area contributed by atoms with Crippen molar-refractivity contribution in [2.75, 3.05) is 33.8 Å². The van der Waals surface area contributed by atoms with E-state index in [4.69, 9.17) is 4.74 Å². The number of guanidine groups is 1. The number of benzene rings is 1. The van der Waals surface area contributed by atoms with Gasteiger partial charge < -0.3 is 15.4 Å². The van der Waals surface area contributed by atoms with E-state index in [0.717, 1.165) is 31.3 Å². The summed E-state index contributed by atoms with van der Waals surface area (Å²) in [6.45, 7) is 9.71. The van der Waals surface area contributed by atoms with Crippen LogP contribution < -0.4 is 15.4 Å². The Kier molecular flexibility index (Phi) is 10.3. The lowest BCUT2D eigenvalue weighted by molar-refractivity contribution is 0.239. The highest BCUT2D eigenvalue weighted by atomic mass is 127. The summed E-state index contributed by atoms with van der Waals surface area (Å²) in [6.07, 6.45) is 2.53. The van der Waals surface area contributed by atoms with Gasteiger partial charge in [0.1, 0.15) is 5.75 Å². The number of methoxy groups -OCH3 is 1. The van der Waals surface area contributed by atoms with Crippen molar-refractivity contribution in [3.63, 3.8) is 0 Å². The van der Waals surface area contributed by atoms with Crippen molar-refractivity contribution in [3.8, 4) is 5.75 Å². The minimum absolute atomic E-state index is 0. The van der Waals surface area contributed by atoms with Crippen LogP contribution in [0.25, 0.3) is 0 Å². The van der Waals surface area contributed by atoms with E-state index in [1.165, 1.54) is 18.4 Å². The standard InChI is InChI=1S/C20H34N4O.HI/c1-15(2)16(3)23-20(21-4)22-14-18(24-12-8-9-13-24)17-10-6-7-11-19(17)25-5;/h6-7,10-11,15-16,18H,8-9,12-14H2,1-5H3,(H2,21,22,23);1H. The van der Waals surface area contributed by atoms with Crippen LogP contribution in [0.2, 0.25) is 0 Å². The molecule has 1 aromatic rings. The summed E-state index contributed by atoms with van der Waals surface area (Å²) in [6, 6.07) is 9.01. The third-order valence-electron chi connectivity index (χ3n) is 5.13. The van der Waals surface area contributed by atoms with Gasteiger partial charge in [0.25, 0.3) is 0 Å². The van der Waals surface area contributed by atoms with Gasteiger partial charge >= 0.3 is 0 Å². The van der Waals surface area contributed by atoms with Crippen LogP contribution in [-0.2, 0) is 0 Å². The molecule has 0 aliphatic carbocycles. The number of nitrogens with one attached hydrogen (secondary N) is 2. The van der Waals surface area contributed by atoms with Gasteiger partial charge in [-0.25, -0.2) is 0 Å². The fourth-order valence-corrected chi connectivity index (χ4v) is 3.20. The molecule has 0 bridgehead atoms. The lowest BCUT2D eigenvalue weighted by Gasteiger charge is -2.30. The summed E-state index contributed by atoms with van der Waals surface area (Å²) in [7, 11) is 3.58. The van der Waals surface area contributed by atoms with Crippen LogP contribution in [-0.4, -0.2) is 50.7 Å². The van der Waals surface area contributed by atoms with Gasteiger partial charge in [0.2, 0.25) is 0 Å². The lowest BCUT2D eigenvalue weighted by Crippen LogP contribution is -2.47. The molecule has 2 unspecified atom stereocenters. The quantitative estimate of drug-likeness (QED) is 0.360. The van der Waals surface area contributed by atoms with Crippen molar-refractivity contribution in [2.24, 2.45) is 10.9 Å². The Morgan fingerprint density at radius 1 is 1.19 bits per heavy atom. The van der Waals surface area contributed by atoms with Gasteiger partial charge in [0.15, 0.2) is 5.96 Å². The molecular formula is C20H35IN4O. The number of nitrogens with zero attached hydrogens (tertiary/aromatic N) is 2. The van der Waals surface area contributed by atoms with Crippen LogP contribution >= 0.6 is 24.0 Å². The van der Waals surface area contributed by atoms with Crippen molar-refractivity contribution in [1.29, 1.82) is 0 Å². The molecule has 1 aliphatic heterocycles. The number of halogens is 1. The molecule has 0 spiro atoms. The van der Waals surface area contributed by atoms with Gasteiger partial charge in [-0.05, 0) is 44.8 Å². The average molecular weight is 474 g/mol. The van der Waals surface area contributed by atoms with Gasteiger partial charge in [-0.1, -0.05) is 32.0 Å². The molecule has 0 saturated carbocycles. The van der Waals surface area contributed by atoms with Crippen LogP contribution in [0.5, 0.6) is 5.75 Å². The number of likely N-dealkylation sites (tertiary alicyclic amines) is 1. The Balaban J connectivity index is 0.00000338. The van der Waals surface area contributed by atoms with Crippen LogP contribution in [0.15, 0.2) is 29.3 Å². The van der Waals surface area contributed by atoms with Crippen LogP contribution in [0, 0.1) is 5.92 Å². The lowest BCUT2D eigenvalue weighted by atomic mass is 10.0. The SMILES string of the molecule is CN=C(NCC(c1ccccc1OC)N1CCCC1)NC(C)C(C)C.I. The zero-order chi connectivity index (χ0) is 18.2. The van der Waals surface area contributed by atoms with Gasteiger partial charge in [-0.15, -0.1) is 24.0 Å². The van der Waals surface area contributed by atoms with Crippen molar-refractivity contribution < 1.29 is 4.74 Å². The summed E-state index contributed by atoms with van der Waals surface area (Å²) in [4.78, 5) is 6.94. The monoisotopic (exact) mass is 474 g/mol. The summed E-state index contributed by atoms with van der Waals surface area (Å²) >= 11 is 0. The molecule has 5 nitrogen and oxygen atoms in total. The molecule has 0 aromatic heterocycles. The summed E-state index contributed by atoms with van der Waals surface area (Å²) in [5.74, 6) is 2.38. The number of ether oxygens (including phenoxy) is 1. The minimum Gasteiger partial charge on any atom is -0.496 e. The first kappa shape index (κ1) is 23.0. The van der Waals surface area contributed by atoms with Crippen molar-refractivity contribution in [2.45, 2.75) is 45.7 Å². The maximum absolute atomic E-state index is 5.61. The van der Waals surface area contributed by atoms with E-state index in [-0.39, 0.29) is 30.0 Å². The molecule has 1 aliphatic rings. The van der Waals surface area contributed by atoms with Crippen molar-refractivity contribution in [1.82, 2.24) is 15.5 Å². The first-order valence-electron chi connectivity index (χ1n) is 9.41. The Hall–Kier alpha value is -1.02. The van der Waals surface area contributed by atoms with Gasteiger partial charge in [-0.2, -0.15) is 0 Å². The average Bonchev–Trinajstić information content (AvgIpc) is 3.15. The first-order valence-corrected chi connectivity index (χ1v) is 9.41. The molecule has 2 atom stereocenters. The number of para-hydroxylation sites is 1. The van der Waals surface area contributed by atoms with Gasteiger partial charge in [0, 0.05) is 25.2 Å². The molecule has 148 valence electrons. The molecular weight excluding hydrogens is 439 g/mol.